The van der Waals surface area contributed by atoms with Crippen LogP contribution in [0.25, 0.3) is 0 Å². The number of rotatable bonds is 3. The van der Waals surface area contributed by atoms with Gasteiger partial charge in [0.15, 0.2) is 0 Å². The van der Waals surface area contributed by atoms with Gasteiger partial charge in [0.1, 0.15) is 0 Å². The lowest BCUT2D eigenvalue weighted by Gasteiger charge is -2.52. The van der Waals surface area contributed by atoms with Gasteiger partial charge in [0.25, 0.3) is 5.91 Å². The third-order valence-electron chi connectivity index (χ3n) is 7.17. The Kier molecular flexibility index (Phi) is 5.02. The van der Waals surface area contributed by atoms with Crippen LogP contribution in [0, 0.1) is 11.8 Å². The molecule has 2 aliphatic heterocycles. The fourth-order valence-corrected chi connectivity index (χ4v) is 5.13. The molecule has 1 aromatic heterocycles. The highest BCUT2D eigenvalue weighted by Crippen LogP contribution is 2.45. The van der Waals surface area contributed by atoms with E-state index < -0.39 is 5.60 Å². The molecule has 26 heavy (non-hydrogen) atoms. The fraction of sp³-hybridized carbons (Fsp3) is 0.714. The Labute approximate surface area is 156 Å². The number of hydrogen-bond donors (Lipinski definition) is 1. The highest BCUT2D eigenvalue weighted by atomic mass is 16.3. The first-order chi connectivity index (χ1) is 12.6. The van der Waals surface area contributed by atoms with Gasteiger partial charge in [0.2, 0.25) is 0 Å². The lowest BCUT2D eigenvalue weighted by atomic mass is 9.64. The number of likely N-dealkylation sites (tertiary alicyclic amines) is 2. The Morgan fingerprint density at radius 3 is 2.42 bits per heavy atom. The molecular weight excluding hydrogens is 326 g/mol. The van der Waals surface area contributed by atoms with Gasteiger partial charge in [-0.2, -0.15) is 0 Å². The maximum absolute atomic E-state index is 12.6. The zero-order chi connectivity index (χ0) is 18.1. The summed E-state index contributed by atoms with van der Waals surface area (Å²) in [6, 6.07) is 4.13. The number of aliphatic hydroxyl groups is 1. The Morgan fingerprint density at radius 1 is 1.15 bits per heavy atom. The van der Waals surface area contributed by atoms with E-state index >= 15 is 0 Å². The van der Waals surface area contributed by atoms with Crippen LogP contribution >= 0.6 is 0 Å². The van der Waals surface area contributed by atoms with Crippen LogP contribution in [-0.4, -0.2) is 63.6 Å². The topological polar surface area (TPSA) is 56.7 Å². The normalized spacial score (nSPS) is 31.6. The number of piperidine rings is 2. The summed E-state index contributed by atoms with van der Waals surface area (Å²) in [4.78, 5) is 21.1. The van der Waals surface area contributed by atoms with E-state index in [0.29, 0.717) is 17.9 Å². The van der Waals surface area contributed by atoms with Crippen molar-refractivity contribution in [2.45, 2.75) is 57.1 Å². The summed E-state index contributed by atoms with van der Waals surface area (Å²) in [6.45, 7) is 5.87. The van der Waals surface area contributed by atoms with Crippen LogP contribution in [0.5, 0.6) is 0 Å². The number of nitrogens with zero attached hydrogens (tertiary/aromatic N) is 3. The van der Waals surface area contributed by atoms with Crippen molar-refractivity contribution in [3.63, 3.8) is 0 Å². The van der Waals surface area contributed by atoms with Gasteiger partial charge in [-0.05, 0) is 56.1 Å². The van der Waals surface area contributed by atoms with Crippen LogP contribution in [0.1, 0.15) is 55.8 Å². The molecule has 5 heteroatoms. The van der Waals surface area contributed by atoms with Crippen LogP contribution in [0.3, 0.4) is 0 Å². The molecule has 4 rings (SSSR count). The monoisotopic (exact) mass is 357 g/mol. The first-order valence-electron chi connectivity index (χ1n) is 10.2. The van der Waals surface area contributed by atoms with Crippen molar-refractivity contribution in [1.82, 2.24) is 14.8 Å². The van der Waals surface area contributed by atoms with E-state index in [4.69, 9.17) is 0 Å². The van der Waals surface area contributed by atoms with Crippen molar-refractivity contribution in [1.29, 1.82) is 0 Å². The Balaban J connectivity index is 1.31. The molecule has 2 saturated heterocycles. The molecule has 1 aromatic rings. The van der Waals surface area contributed by atoms with E-state index in [0.717, 1.165) is 51.0 Å². The van der Waals surface area contributed by atoms with E-state index in [1.54, 1.807) is 24.5 Å². The third kappa shape index (κ3) is 3.27. The highest BCUT2D eigenvalue weighted by Gasteiger charge is 2.47. The molecule has 3 aliphatic rings. The van der Waals surface area contributed by atoms with E-state index in [1.165, 1.54) is 19.3 Å². The van der Waals surface area contributed by atoms with Gasteiger partial charge in [0.05, 0.1) is 5.60 Å². The van der Waals surface area contributed by atoms with Gasteiger partial charge in [-0.3, -0.25) is 14.7 Å². The average molecular weight is 357 g/mol. The molecular formula is C21H31N3O2. The van der Waals surface area contributed by atoms with Gasteiger partial charge < -0.3 is 10.0 Å². The molecule has 3 heterocycles. The third-order valence-corrected chi connectivity index (χ3v) is 7.17. The van der Waals surface area contributed by atoms with Crippen LogP contribution in [0.4, 0.5) is 0 Å². The average Bonchev–Trinajstić information content (AvgIpc) is 2.63. The Hall–Kier alpha value is -1.46. The molecule has 0 aromatic carbocycles. The van der Waals surface area contributed by atoms with Gasteiger partial charge in [-0.1, -0.05) is 13.3 Å². The highest BCUT2D eigenvalue weighted by molar-refractivity contribution is 5.94. The molecule has 1 aliphatic carbocycles. The van der Waals surface area contributed by atoms with Crippen LogP contribution in [0.2, 0.25) is 0 Å². The molecule has 1 amide bonds. The van der Waals surface area contributed by atoms with Crippen molar-refractivity contribution >= 4 is 5.91 Å². The summed E-state index contributed by atoms with van der Waals surface area (Å²) in [7, 11) is 0. The predicted molar refractivity (Wildman–Crippen MR) is 101 cm³/mol. The van der Waals surface area contributed by atoms with Gasteiger partial charge >= 0.3 is 0 Å². The zero-order valence-corrected chi connectivity index (χ0v) is 15.8. The summed E-state index contributed by atoms with van der Waals surface area (Å²) >= 11 is 0. The van der Waals surface area contributed by atoms with Gasteiger partial charge in [-0.15, -0.1) is 0 Å². The molecule has 0 unspecified atom stereocenters. The standard InChI is InChI=1S/C21H31N3O2/c1-16-15-24(14-9-21(16,26)18-3-2-4-18)19-7-12-23(13-8-19)20(25)17-5-10-22-11-6-17/h5-6,10-11,16,18-19,26H,2-4,7-9,12-15H2,1H3/t16-,21+/m1/s1. The number of amides is 1. The fourth-order valence-electron chi connectivity index (χ4n) is 5.13. The molecule has 142 valence electrons. The number of pyridine rings is 1. The summed E-state index contributed by atoms with van der Waals surface area (Å²) < 4.78 is 0. The van der Waals surface area contributed by atoms with Crippen molar-refractivity contribution in [3.05, 3.63) is 30.1 Å². The quantitative estimate of drug-likeness (QED) is 0.903. The van der Waals surface area contributed by atoms with E-state index in [-0.39, 0.29) is 5.91 Å². The second-order valence-corrected chi connectivity index (χ2v) is 8.52. The maximum atomic E-state index is 12.6. The number of carbonyl (C=O) groups is 1. The van der Waals surface area contributed by atoms with E-state index in [1.807, 2.05) is 4.90 Å². The maximum Gasteiger partial charge on any atom is 0.253 e. The molecule has 3 fully saturated rings. The first kappa shape index (κ1) is 17.9. The minimum Gasteiger partial charge on any atom is -0.389 e. The van der Waals surface area contributed by atoms with Crippen molar-refractivity contribution in [2.24, 2.45) is 11.8 Å². The molecule has 2 atom stereocenters. The number of hydrogen-bond acceptors (Lipinski definition) is 4. The number of carbonyl (C=O) groups excluding carboxylic acids is 1. The second kappa shape index (κ2) is 7.28. The Bertz CT molecular complexity index is 625. The SMILES string of the molecule is C[C@@H]1CN(C2CCN(C(=O)c3ccncc3)CC2)CC[C@@]1(O)C1CCC1. The smallest absolute Gasteiger partial charge is 0.253 e. The summed E-state index contributed by atoms with van der Waals surface area (Å²) in [6.07, 6.45) is 10.0. The molecule has 5 nitrogen and oxygen atoms in total. The van der Waals surface area contributed by atoms with Crippen LogP contribution in [0.15, 0.2) is 24.5 Å². The van der Waals surface area contributed by atoms with Gasteiger partial charge in [0, 0.05) is 50.2 Å². The lowest BCUT2D eigenvalue weighted by Crippen LogP contribution is -2.59. The number of aromatic nitrogens is 1. The molecule has 0 radical (unpaired) electrons. The largest absolute Gasteiger partial charge is 0.389 e. The molecule has 0 spiro atoms. The van der Waals surface area contributed by atoms with Gasteiger partial charge in [-0.25, -0.2) is 0 Å². The van der Waals surface area contributed by atoms with Crippen LogP contribution < -0.4 is 0 Å². The van der Waals surface area contributed by atoms with Crippen LogP contribution in [-0.2, 0) is 0 Å². The molecule has 1 N–H and O–H groups in total. The van der Waals surface area contributed by atoms with Crippen molar-refractivity contribution < 1.29 is 9.90 Å². The minimum absolute atomic E-state index is 0.122. The zero-order valence-electron chi connectivity index (χ0n) is 15.8. The molecule has 0 bridgehead atoms. The minimum atomic E-state index is -0.438. The molecule has 1 saturated carbocycles. The summed E-state index contributed by atoms with van der Waals surface area (Å²) in [5, 5.41) is 11.1. The summed E-state index contributed by atoms with van der Waals surface area (Å²) in [5.41, 5.74) is 0.294. The Morgan fingerprint density at radius 2 is 1.85 bits per heavy atom. The van der Waals surface area contributed by atoms with Crippen molar-refractivity contribution in [3.8, 4) is 0 Å². The second-order valence-electron chi connectivity index (χ2n) is 8.52. The summed E-state index contributed by atoms with van der Waals surface area (Å²) in [5.74, 6) is 0.995. The van der Waals surface area contributed by atoms with Crippen molar-refractivity contribution in [2.75, 3.05) is 26.2 Å². The lowest BCUT2D eigenvalue weighted by molar-refractivity contribution is -0.134. The first-order valence-corrected chi connectivity index (χ1v) is 10.2. The van der Waals surface area contributed by atoms with E-state index in [9.17, 15) is 9.90 Å². The van der Waals surface area contributed by atoms with E-state index in [2.05, 4.69) is 16.8 Å². The predicted octanol–water partition coefficient (Wildman–Crippen LogP) is 2.56.